The second-order valence-electron chi connectivity index (χ2n) is 10.5. The summed E-state index contributed by atoms with van der Waals surface area (Å²) in [5, 5.41) is 11.4. The van der Waals surface area contributed by atoms with Gasteiger partial charge in [-0.25, -0.2) is 0 Å². The maximum absolute atomic E-state index is 12.7. The van der Waals surface area contributed by atoms with Crippen molar-refractivity contribution in [2.45, 2.75) is 77.7 Å². The number of esters is 1. The third-order valence-corrected chi connectivity index (χ3v) is 9.57. The average molecular weight is 378 g/mol. The van der Waals surface area contributed by atoms with Crippen molar-refractivity contribution in [3.63, 3.8) is 0 Å². The van der Waals surface area contributed by atoms with E-state index in [1.54, 1.807) is 0 Å². The van der Waals surface area contributed by atoms with Crippen molar-refractivity contribution < 1.29 is 19.4 Å². The molecule has 1 amide bonds. The van der Waals surface area contributed by atoms with Gasteiger partial charge in [-0.3, -0.25) is 9.59 Å². The highest BCUT2D eigenvalue weighted by Crippen LogP contribution is 2.72. The zero-order chi connectivity index (χ0) is 19.6. The molecular weight excluding hydrogens is 342 g/mol. The van der Waals surface area contributed by atoms with E-state index < -0.39 is 11.5 Å². The van der Waals surface area contributed by atoms with Gasteiger partial charge in [0.25, 0.3) is 0 Å². The molecule has 0 heterocycles. The maximum atomic E-state index is 12.7. The van der Waals surface area contributed by atoms with Gasteiger partial charge in [0.05, 0.1) is 18.6 Å². The van der Waals surface area contributed by atoms with Crippen molar-refractivity contribution in [2.24, 2.45) is 45.7 Å². The normalized spacial score (nSPS) is 51.2. The summed E-state index contributed by atoms with van der Waals surface area (Å²) >= 11 is 0. The first-order valence-electron chi connectivity index (χ1n) is 10.7. The lowest BCUT2D eigenvalue weighted by atomic mass is 9.35. The molecule has 0 radical (unpaired) electrons. The fourth-order valence-electron chi connectivity index (χ4n) is 8.46. The summed E-state index contributed by atoms with van der Waals surface area (Å²) in [4.78, 5) is 24.3. The van der Waals surface area contributed by atoms with Gasteiger partial charge in [-0.15, -0.1) is 0 Å². The van der Waals surface area contributed by atoms with E-state index in [0.29, 0.717) is 24.2 Å². The van der Waals surface area contributed by atoms with Crippen LogP contribution in [0.25, 0.3) is 0 Å². The van der Waals surface area contributed by atoms with Gasteiger partial charge in [0.15, 0.2) is 0 Å². The lowest BCUT2D eigenvalue weighted by Gasteiger charge is -2.70. The average Bonchev–Trinajstić information content (AvgIpc) is 2.63. The van der Waals surface area contributed by atoms with Crippen LogP contribution in [-0.4, -0.2) is 30.2 Å². The van der Waals surface area contributed by atoms with Gasteiger partial charge in [-0.2, -0.15) is 0 Å². The Bertz CT molecular complexity index is 650. The van der Waals surface area contributed by atoms with Gasteiger partial charge in [0, 0.05) is 6.42 Å². The van der Waals surface area contributed by atoms with Gasteiger partial charge in [0.2, 0.25) is 5.91 Å². The third-order valence-electron chi connectivity index (χ3n) is 9.57. The fraction of sp³-hybridized carbons (Fsp3) is 0.909. The van der Waals surface area contributed by atoms with E-state index in [0.717, 1.165) is 51.4 Å². The van der Waals surface area contributed by atoms with E-state index in [-0.39, 0.29) is 28.6 Å². The molecule has 2 bridgehead atoms. The van der Waals surface area contributed by atoms with Gasteiger partial charge in [-0.05, 0) is 86.4 Å². The first kappa shape index (κ1) is 19.2. The number of carbonyl (C=O) groups excluding carboxylic acids is 2. The largest absolute Gasteiger partial charge is 0.469 e. The SMILES string of the molecule is COC(=O)[C@]1(C)CCC[C@@]2(C)[C@@H]3C[C@H]4CC[C@@]3(CC[C@@H]21)[C@H](O)[C@H]4CC(N)=O. The second-order valence-corrected chi connectivity index (χ2v) is 10.5. The molecule has 0 saturated heterocycles. The molecule has 0 aromatic heterocycles. The summed E-state index contributed by atoms with van der Waals surface area (Å²) in [6, 6.07) is 0. The molecule has 0 aromatic carbocycles. The number of amides is 1. The van der Waals surface area contributed by atoms with Crippen LogP contribution in [0, 0.1) is 39.9 Å². The number of rotatable bonds is 3. The molecule has 0 unspecified atom stereocenters. The minimum atomic E-state index is -0.438. The Balaban J connectivity index is 1.70. The molecule has 5 rings (SSSR count). The summed E-state index contributed by atoms with van der Waals surface area (Å²) < 4.78 is 5.23. The number of hydrogen-bond acceptors (Lipinski definition) is 4. The van der Waals surface area contributed by atoms with Crippen molar-refractivity contribution >= 4 is 11.9 Å². The first-order valence-corrected chi connectivity index (χ1v) is 10.7. The van der Waals surface area contributed by atoms with Crippen molar-refractivity contribution in [3.05, 3.63) is 0 Å². The zero-order valence-electron chi connectivity index (χ0n) is 17.0. The van der Waals surface area contributed by atoms with Crippen LogP contribution in [0.3, 0.4) is 0 Å². The molecule has 27 heavy (non-hydrogen) atoms. The molecule has 1 spiro atoms. The van der Waals surface area contributed by atoms with Crippen LogP contribution >= 0.6 is 0 Å². The molecule has 5 nitrogen and oxygen atoms in total. The van der Waals surface area contributed by atoms with Crippen LogP contribution in [0.2, 0.25) is 0 Å². The third kappa shape index (κ3) is 2.46. The highest BCUT2D eigenvalue weighted by atomic mass is 16.5. The summed E-state index contributed by atoms with van der Waals surface area (Å²) in [5.41, 5.74) is 5.03. The van der Waals surface area contributed by atoms with Crippen LogP contribution in [-0.2, 0) is 14.3 Å². The Hall–Kier alpha value is -1.10. The van der Waals surface area contributed by atoms with E-state index in [2.05, 4.69) is 13.8 Å². The predicted octanol–water partition coefficient (Wildman–Crippen LogP) is 3.03. The number of ether oxygens (including phenoxy) is 1. The van der Waals surface area contributed by atoms with Crippen molar-refractivity contribution in [2.75, 3.05) is 7.11 Å². The molecule has 8 atom stereocenters. The van der Waals surface area contributed by atoms with Crippen LogP contribution in [0.5, 0.6) is 0 Å². The number of nitrogens with two attached hydrogens (primary N) is 1. The molecule has 0 aliphatic heterocycles. The van der Waals surface area contributed by atoms with Crippen molar-refractivity contribution in [3.8, 4) is 0 Å². The zero-order valence-corrected chi connectivity index (χ0v) is 17.0. The minimum absolute atomic E-state index is 0.0169. The van der Waals surface area contributed by atoms with E-state index >= 15 is 0 Å². The summed E-state index contributed by atoms with van der Waals surface area (Å²) in [6.07, 6.45) is 8.06. The second kappa shape index (κ2) is 6.20. The molecule has 5 saturated carbocycles. The summed E-state index contributed by atoms with van der Waals surface area (Å²) in [7, 11) is 1.50. The lowest BCUT2D eigenvalue weighted by molar-refractivity contribution is -0.245. The van der Waals surface area contributed by atoms with E-state index in [4.69, 9.17) is 10.5 Å². The number of fused-ring (bicyclic) bond motifs is 3. The van der Waals surface area contributed by atoms with Crippen molar-refractivity contribution in [1.82, 2.24) is 0 Å². The van der Waals surface area contributed by atoms with Gasteiger partial charge < -0.3 is 15.6 Å². The molecule has 5 heteroatoms. The van der Waals surface area contributed by atoms with Crippen LogP contribution in [0.15, 0.2) is 0 Å². The molecule has 0 aromatic rings. The standard InChI is InChI=1S/C22H35NO4/c1-20-7-4-8-21(2,19(26)27-3)15(20)6-10-22-9-5-13(11-16(20)22)14(18(22)25)12-17(23)24/h13-16,18,25H,4-12H2,1-3H3,(H2,23,24)/t13-,14+,15+,16+,18-,20-,21-,22+/m1/s1. The number of hydrogen-bond donors (Lipinski definition) is 2. The quantitative estimate of drug-likeness (QED) is 0.740. The van der Waals surface area contributed by atoms with Gasteiger partial charge in [-0.1, -0.05) is 13.3 Å². The van der Waals surface area contributed by atoms with E-state index in [9.17, 15) is 14.7 Å². The van der Waals surface area contributed by atoms with Gasteiger partial charge >= 0.3 is 5.97 Å². The van der Waals surface area contributed by atoms with E-state index in [1.165, 1.54) is 7.11 Å². The smallest absolute Gasteiger partial charge is 0.311 e. The first-order chi connectivity index (χ1) is 12.7. The Morgan fingerprint density at radius 2 is 1.81 bits per heavy atom. The number of methoxy groups -OCH3 is 1. The molecule has 5 aliphatic carbocycles. The van der Waals surface area contributed by atoms with Crippen LogP contribution in [0.1, 0.15) is 71.6 Å². The Labute approximate surface area is 162 Å². The monoisotopic (exact) mass is 377 g/mol. The van der Waals surface area contributed by atoms with Crippen LogP contribution < -0.4 is 5.73 Å². The van der Waals surface area contributed by atoms with Gasteiger partial charge in [0.1, 0.15) is 0 Å². The Kier molecular flexibility index (Phi) is 4.41. The highest BCUT2D eigenvalue weighted by Gasteiger charge is 2.68. The number of aliphatic hydroxyl groups is 1. The molecular formula is C22H35NO4. The molecule has 152 valence electrons. The number of primary amides is 1. The summed E-state index contributed by atoms with van der Waals surface area (Å²) in [5.74, 6) is 0.760. The topological polar surface area (TPSA) is 89.6 Å². The lowest BCUT2D eigenvalue weighted by Crippen LogP contribution is -2.67. The Morgan fingerprint density at radius 1 is 1.11 bits per heavy atom. The van der Waals surface area contributed by atoms with E-state index in [1.807, 2.05) is 0 Å². The Morgan fingerprint density at radius 3 is 2.48 bits per heavy atom. The minimum Gasteiger partial charge on any atom is -0.469 e. The maximum Gasteiger partial charge on any atom is 0.311 e. The highest BCUT2D eigenvalue weighted by molar-refractivity contribution is 5.77. The van der Waals surface area contributed by atoms with Crippen LogP contribution in [0.4, 0.5) is 0 Å². The molecule has 5 aliphatic rings. The summed E-state index contributed by atoms with van der Waals surface area (Å²) in [6.45, 7) is 4.48. The fourth-order valence-corrected chi connectivity index (χ4v) is 8.46. The number of carbonyl (C=O) groups is 2. The molecule has 3 N–H and O–H groups in total. The number of aliphatic hydroxyl groups excluding tert-OH is 1. The molecule has 5 fully saturated rings. The predicted molar refractivity (Wildman–Crippen MR) is 101 cm³/mol. The van der Waals surface area contributed by atoms with Crippen molar-refractivity contribution in [1.29, 1.82) is 0 Å².